The molecule has 0 amide bonds. The van der Waals surface area contributed by atoms with E-state index in [1.807, 2.05) is 18.2 Å². The van der Waals surface area contributed by atoms with Gasteiger partial charge in [0.05, 0.1) is 16.6 Å². The fraction of sp³-hybridized carbons (Fsp3) is 0. The van der Waals surface area contributed by atoms with Crippen LogP contribution in [0.25, 0.3) is 38.4 Å². The van der Waals surface area contributed by atoms with Gasteiger partial charge in [-0.05, 0) is 23.6 Å². The Bertz CT molecular complexity index is 1190. The van der Waals surface area contributed by atoms with E-state index in [0.29, 0.717) is 0 Å². The third kappa shape index (κ3) is 1.43. The zero-order valence-electron chi connectivity index (χ0n) is 11.8. The molecule has 3 aromatic carbocycles. The lowest BCUT2D eigenvalue weighted by Gasteiger charge is -2.09. The number of hydrogen-bond acceptors (Lipinski definition) is 1. The maximum Gasteiger partial charge on any atom is 0.146 e. The molecule has 3 heteroatoms. The van der Waals surface area contributed by atoms with Crippen LogP contribution in [-0.4, -0.2) is 17.2 Å². The van der Waals surface area contributed by atoms with Crippen molar-refractivity contribution in [3.63, 3.8) is 0 Å². The van der Waals surface area contributed by atoms with Crippen LogP contribution in [0.2, 0.25) is 0 Å². The zero-order valence-corrected chi connectivity index (χ0v) is 11.8. The van der Waals surface area contributed by atoms with Gasteiger partial charge in [0.2, 0.25) is 0 Å². The summed E-state index contributed by atoms with van der Waals surface area (Å²) in [5.41, 5.74) is 5.06. The van der Waals surface area contributed by atoms with E-state index in [1.165, 1.54) is 5.39 Å². The topological polar surface area (TPSA) is 17.3 Å². The molecule has 22 heavy (non-hydrogen) atoms. The minimum atomic E-state index is 0.776. The van der Waals surface area contributed by atoms with Gasteiger partial charge >= 0.3 is 0 Å². The lowest BCUT2D eigenvalue weighted by Crippen LogP contribution is -2.01. The largest absolute Gasteiger partial charge is 0.292 e. The van der Waals surface area contributed by atoms with Gasteiger partial charge in [-0.1, -0.05) is 54.0 Å². The van der Waals surface area contributed by atoms with Crippen LogP contribution in [0.4, 0.5) is 0 Å². The van der Waals surface area contributed by atoms with Gasteiger partial charge in [-0.25, -0.2) is 4.98 Å². The van der Waals surface area contributed by atoms with E-state index in [2.05, 4.69) is 52.9 Å². The molecule has 0 fully saturated rings. The highest BCUT2D eigenvalue weighted by molar-refractivity contribution is 6.34. The van der Waals surface area contributed by atoms with E-state index < -0.39 is 0 Å². The van der Waals surface area contributed by atoms with Gasteiger partial charge in [0.15, 0.2) is 0 Å². The Morgan fingerprint density at radius 1 is 0.727 bits per heavy atom. The maximum absolute atomic E-state index is 6.01. The average Bonchev–Trinajstić information content (AvgIpc) is 2.94. The summed E-state index contributed by atoms with van der Waals surface area (Å²) in [5, 5.41) is 3.47. The van der Waals surface area contributed by atoms with E-state index in [4.69, 9.17) is 12.8 Å². The predicted molar refractivity (Wildman–Crippen MR) is 93.1 cm³/mol. The monoisotopic (exact) mass is 278 g/mol. The number of rotatable bonds is 0. The quantitative estimate of drug-likeness (QED) is 0.312. The molecule has 0 atom stereocenters. The molecule has 0 aliphatic heterocycles. The molecule has 2 radical (unpaired) electrons. The van der Waals surface area contributed by atoms with Crippen molar-refractivity contribution in [1.29, 1.82) is 0 Å². The molecule has 2 heterocycles. The lowest BCUT2D eigenvalue weighted by molar-refractivity contribution is 1.32. The first-order chi connectivity index (χ1) is 10.8. The molecule has 0 N–H and O–H groups in total. The molecule has 2 aromatic heterocycles. The fourth-order valence-electron chi connectivity index (χ4n) is 3.33. The predicted octanol–water partition coefficient (Wildman–Crippen LogP) is 3.59. The van der Waals surface area contributed by atoms with Crippen LogP contribution >= 0.6 is 0 Å². The van der Waals surface area contributed by atoms with Crippen molar-refractivity contribution in [2.45, 2.75) is 0 Å². The number of fused-ring (bicyclic) bond motifs is 8. The molecule has 100 valence electrons. The Morgan fingerprint density at radius 2 is 1.50 bits per heavy atom. The van der Waals surface area contributed by atoms with Crippen LogP contribution < -0.4 is 5.46 Å². The highest BCUT2D eigenvalue weighted by Crippen LogP contribution is 2.31. The van der Waals surface area contributed by atoms with Crippen molar-refractivity contribution in [3.05, 3.63) is 66.7 Å². The number of aromatic nitrogens is 2. The Kier molecular flexibility index (Phi) is 2.20. The molecule has 0 bridgehead atoms. The van der Waals surface area contributed by atoms with E-state index in [-0.39, 0.29) is 0 Å². The standard InChI is InChI=1S/C19H11BN2/c20-12-9-10-14-15(11-12)13-5-1-3-7-17(13)22-18-8-4-2-6-16(18)21-19(14)22/h1-11H. The first kappa shape index (κ1) is 11.8. The highest BCUT2D eigenvalue weighted by Gasteiger charge is 2.12. The van der Waals surface area contributed by atoms with Gasteiger partial charge in [0.25, 0.3) is 0 Å². The van der Waals surface area contributed by atoms with Crippen molar-refractivity contribution >= 4 is 51.7 Å². The third-order valence-corrected chi connectivity index (χ3v) is 4.28. The number of pyridine rings is 1. The number of imidazole rings is 1. The molecule has 0 unspecified atom stereocenters. The van der Waals surface area contributed by atoms with Gasteiger partial charge in [-0.15, -0.1) is 0 Å². The summed E-state index contributed by atoms with van der Waals surface area (Å²) in [6, 6.07) is 22.7. The Labute approximate surface area is 128 Å². The van der Waals surface area contributed by atoms with Crippen molar-refractivity contribution in [3.8, 4) is 0 Å². The van der Waals surface area contributed by atoms with Crippen LogP contribution in [0.5, 0.6) is 0 Å². The summed E-state index contributed by atoms with van der Waals surface area (Å²) in [6.45, 7) is 0. The van der Waals surface area contributed by atoms with E-state index >= 15 is 0 Å². The number of para-hydroxylation sites is 3. The Balaban J connectivity index is 2.22. The second-order valence-electron chi connectivity index (χ2n) is 5.58. The molecule has 0 spiro atoms. The van der Waals surface area contributed by atoms with E-state index in [0.717, 1.165) is 38.4 Å². The van der Waals surface area contributed by atoms with Crippen molar-refractivity contribution in [2.75, 3.05) is 0 Å². The van der Waals surface area contributed by atoms with Gasteiger partial charge in [-0.3, -0.25) is 4.40 Å². The Morgan fingerprint density at radius 3 is 2.41 bits per heavy atom. The second kappa shape index (κ2) is 4.11. The molecular weight excluding hydrogens is 267 g/mol. The molecule has 0 saturated carbocycles. The summed E-state index contributed by atoms with van der Waals surface area (Å²) in [7, 11) is 6.01. The first-order valence-electron chi connectivity index (χ1n) is 7.30. The molecule has 0 aliphatic rings. The number of benzene rings is 3. The summed E-state index contributed by atoms with van der Waals surface area (Å²) in [5.74, 6) is 0. The molecule has 5 aromatic rings. The fourth-order valence-corrected chi connectivity index (χ4v) is 3.33. The molecule has 5 rings (SSSR count). The smallest absolute Gasteiger partial charge is 0.146 e. The summed E-state index contributed by atoms with van der Waals surface area (Å²) < 4.78 is 2.24. The number of hydrogen-bond donors (Lipinski definition) is 0. The van der Waals surface area contributed by atoms with Crippen molar-refractivity contribution in [2.24, 2.45) is 0 Å². The highest BCUT2D eigenvalue weighted by atomic mass is 15.0. The molecule has 0 saturated heterocycles. The maximum atomic E-state index is 6.01. The second-order valence-corrected chi connectivity index (χ2v) is 5.58. The number of nitrogens with zero attached hydrogens (tertiary/aromatic N) is 2. The van der Waals surface area contributed by atoms with Crippen LogP contribution in [-0.2, 0) is 0 Å². The SMILES string of the molecule is [B]c1ccc2c(c1)c1ccccc1n1c3ccccc3nc21. The molecule has 2 nitrogen and oxygen atoms in total. The molecule has 0 aliphatic carbocycles. The van der Waals surface area contributed by atoms with Crippen molar-refractivity contribution in [1.82, 2.24) is 9.38 Å². The lowest BCUT2D eigenvalue weighted by atomic mass is 9.92. The first-order valence-corrected chi connectivity index (χ1v) is 7.30. The normalized spacial score (nSPS) is 11.8. The average molecular weight is 278 g/mol. The van der Waals surface area contributed by atoms with Crippen LogP contribution in [0, 0.1) is 0 Å². The van der Waals surface area contributed by atoms with Crippen LogP contribution in [0.1, 0.15) is 0 Å². The van der Waals surface area contributed by atoms with Crippen LogP contribution in [0.15, 0.2) is 66.7 Å². The Hall–Kier alpha value is -2.81. The zero-order chi connectivity index (χ0) is 14.7. The van der Waals surface area contributed by atoms with Gasteiger partial charge in [0.1, 0.15) is 13.5 Å². The third-order valence-electron chi connectivity index (χ3n) is 4.28. The summed E-state index contributed by atoms with van der Waals surface area (Å²) in [4.78, 5) is 4.85. The van der Waals surface area contributed by atoms with Gasteiger partial charge < -0.3 is 0 Å². The van der Waals surface area contributed by atoms with Crippen molar-refractivity contribution < 1.29 is 0 Å². The minimum absolute atomic E-state index is 0.776. The summed E-state index contributed by atoms with van der Waals surface area (Å²) >= 11 is 0. The van der Waals surface area contributed by atoms with Gasteiger partial charge in [0, 0.05) is 10.8 Å². The van der Waals surface area contributed by atoms with E-state index in [9.17, 15) is 0 Å². The summed E-state index contributed by atoms with van der Waals surface area (Å²) in [6.07, 6.45) is 0. The molecular formula is C19H11BN2. The minimum Gasteiger partial charge on any atom is -0.292 e. The van der Waals surface area contributed by atoms with Gasteiger partial charge in [-0.2, -0.15) is 0 Å². The van der Waals surface area contributed by atoms with Crippen LogP contribution in [0.3, 0.4) is 0 Å². The van der Waals surface area contributed by atoms with E-state index in [1.54, 1.807) is 0 Å².